The summed E-state index contributed by atoms with van der Waals surface area (Å²) < 4.78 is 6.60. The first kappa shape index (κ1) is 14.1. The zero-order valence-electron chi connectivity index (χ0n) is 11.1. The average molecular weight is 328 g/mol. The highest BCUT2D eigenvalue weighted by Gasteiger charge is 2.28. The molecule has 19 heavy (non-hydrogen) atoms. The number of benzene rings is 1. The fourth-order valence-electron chi connectivity index (χ4n) is 2.27. The maximum absolute atomic E-state index is 8.91. The van der Waals surface area contributed by atoms with Crippen LogP contribution in [0.3, 0.4) is 0 Å². The Bertz CT molecular complexity index is 503. The van der Waals surface area contributed by atoms with Crippen LogP contribution >= 0.6 is 15.9 Å². The standard InChI is InChI=1S/C13H18BrN3O2/c1-13(2)8-17(5-6-19-13)11-4-3-9(14)7-10(11)12(15)16-18/h3-4,7,18H,5-6,8H2,1-2H3,(H2,15,16). The van der Waals surface area contributed by atoms with E-state index in [0.29, 0.717) is 6.61 Å². The Morgan fingerprint density at radius 1 is 1.53 bits per heavy atom. The molecule has 0 saturated carbocycles. The van der Waals surface area contributed by atoms with Gasteiger partial charge in [-0.05, 0) is 32.0 Å². The number of nitrogens with two attached hydrogens (primary N) is 1. The number of rotatable bonds is 2. The van der Waals surface area contributed by atoms with Crippen molar-refractivity contribution in [3.63, 3.8) is 0 Å². The molecule has 6 heteroatoms. The summed E-state index contributed by atoms with van der Waals surface area (Å²) in [5.41, 5.74) is 7.23. The maximum Gasteiger partial charge on any atom is 0.172 e. The number of hydrogen-bond donors (Lipinski definition) is 2. The van der Waals surface area contributed by atoms with Crippen molar-refractivity contribution in [1.29, 1.82) is 0 Å². The van der Waals surface area contributed by atoms with E-state index in [4.69, 9.17) is 15.7 Å². The Morgan fingerprint density at radius 3 is 2.89 bits per heavy atom. The van der Waals surface area contributed by atoms with Gasteiger partial charge in [0.2, 0.25) is 0 Å². The maximum atomic E-state index is 8.91. The zero-order valence-corrected chi connectivity index (χ0v) is 12.6. The third-order valence-corrected chi connectivity index (χ3v) is 3.60. The quantitative estimate of drug-likeness (QED) is 0.378. The van der Waals surface area contributed by atoms with Crippen molar-refractivity contribution in [2.75, 3.05) is 24.6 Å². The predicted molar refractivity (Wildman–Crippen MR) is 78.9 cm³/mol. The summed E-state index contributed by atoms with van der Waals surface area (Å²) in [6, 6.07) is 5.78. The third kappa shape index (κ3) is 3.19. The van der Waals surface area contributed by atoms with Crippen LogP contribution < -0.4 is 10.6 Å². The molecule has 1 saturated heterocycles. The molecule has 0 bridgehead atoms. The predicted octanol–water partition coefficient (Wildman–Crippen LogP) is 2.16. The number of morpholine rings is 1. The molecule has 0 aliphatic carbocycles. The molecule has 3 N–H and O–H groups in total. The van der Waals surface area contributed by atoms with Crippen LogP contribution in [0.4, 0.5) is 5.69 Å². The molecular formula is C13H18BrN3O2. The summed E-state index contributed by atoms with van der Waals surface area (Å²) in [6.07, 6.45) is 0. The summed E-state index contributed by atoms with van der Waals surface area (Å²) in [4.78, 5) is 2.20. The van der Waals surface area contributed by atoms with Crippen LogP contribution in [0.5, 0.6) is 0 Å². The van der Waals surface area contributed by atoms with Gasteiger partial charge < -0.3 is 20.6 Å². The highest BCUT2D eigenvalue weighted by Crippen LogP contribution is 2.28. The van der Waals surface area contributed by atoms with E-state index in [1.807, 2.05) is 18.2 Å². The van der Waals surface area contributed by atoms with E-state index in [1.165, 1.54) is 0 Å². The number of nitrogens with zero attached hydrogens (tertiary/aromatic N) is 2. The van der Waals surface area contributed by atoms with Crippen molar-refractivity contribution in [3.8, 4) is 0 Å². The number of hydrogen-bond acceptors (Lipinski definition) is 4. The largest absolute Gasteiger partial charge is 0.409 e. The summed E-state index contributed by atoms with van der Waals surface area (Å²) >= 11 is 3.40. The SMILES string of the molecule is CC1(C)CN(c2ccc(Br)cc2/C(N)=N/O)CCO1. The minimum atomic E-state index is -0.201. The summed E-state index contributed by atoms with van der Waals surface area (Å²) in [5, 5.41) is 12.0. The third-order valence-electron chi connectivity index (χ3n) is 3.11. The van der Waals surface area contributed by atoms with E-state index >= 15 is 0 Å². The molecule has 1 heterocycles. The molecule has 0 unspecified atom stereocenters. The van der Waals surface area contributed by atoms with Gasteiger partial charge >= 0.3 is 0 Å². The van der Waals surface area contributed by atoms with Gasteiger partial charge in [0.05, 0.1) is 12.2 Å². The van der Waals surface area contributed by atoms with Gasteiger partial charge in [-0.2, -0.15) is 0 Å². The average Bonchev–Trinajstić information content (AvgIpc) is 2.36. The number of ether oxygens (including phenoxy) is 1. The van der Waals surface area contributed by atoms with Gasteiger partial charge in [0.1, 0.15) is 0 Å². The molecule has 1 aromatic rings. The van der Waals surface area contributed by atoms with Gasteiger partial charge in [0, 0.05) is 28.8 Å². The molecule has 2 rings (SSSR count). The second-order valence-electron chi connectivity index (χ2n) is 5.18. The Hall–Kier alpha value is -1.27. The van der Waals surface area contributed by atoms with Crippen molar-refractivity contribution in [3.05, 3.63) is 28.2 Å². The van der Waals surface area contributed by atoms with E-state index in [1.54, 1.807) is 0 Å². The summed E-state index contributed by atoms with van der Waals surface area (Å²) in [5.74, 6) is 0.112. The monoisotopic (exact) mass is 327 g/mol. The molecule has 0 spiro atoms. The lowest BCUT2D eigenvalue weighted by Gasteiger charge is -2.40. The van der Waals surface area contributed by atoms with Crippen LogP contribution in [0, 0.1) is 0 Å². The van der Waals surface area contributed by atoms with Crippen LogP contribution in [0.2, 0.25) is 0 Å². The lowest BCUT2D eigenvalue weighted by atomic mass is 10.0. The van der Waals surface area contributed by atoms with Crippen LogP contribution in [-0.2, 0) is 4.74 Å². The highest BCUT2D eigenvalue weighted by atomic mass is 79.9. The van der Waals surface area contributed by atoms with Crippen molar-refractivity contribution in [2.45, 2.75) is 19.4 Å². The second-order valence-corrected chi connectivity index (χ2v) is 6.09. The van der Waals surface area contributed by atoms with Crippen molar-refractivity contribution < 1.29 is 9.94 Å². The summed E-state index contributed by atoms with van der Waals surface area (Å²) in [7, 11) is 0. The lowest BCUT2D eigenvalue weighted by Crippen LogP contribution is -2.48. The lowest BCUT2D eigenvalue weighted by molar-refractivity contribution is -0.0277. The second kappa shape index (κ2) is 5.38. The van der Waals surface area contributed by atoms with Crippen molar-refractivity contribution >= 4 is 27.5 Å². The molecule has 0 aromatic heterocycles. The Labute approximate surface area is 121 Å². The Morgan fingerprint density at radius 2 is 2.26 bits per heavy atom. The molecule has 1 fully saturated rings. The van der Waals surface area contributed by atoms with Crippen LogP contribution in [0.1, 0.15) is 19.4 Å². The number of halogens is 1. The normalized spacial score (nSPS) is 19.5. The Kier molecular flexibility index (Phi) is 4.01. The molecular weight excluding hydrogens is 310 g/mol. The van der Waals surface area contributed by atoms with Gasteiger partial charge in [-0.1, -0.05) is 21.1 Å². The molecule has 0 amide bonds. The fraction of sp³-hybridized carbons (Fsp3) is 0.462. The van der Waals surface area contributed by atoms with Gasteiger partial charge in [-0.3, -0.25) is 0 Å². The number of oxime groups is 1. The minimum absolute atomic E-state index is 0.112. The topological polar surface area (TPSA) is 71.1 Å². The fourth-order valence-corrected chi connectivity index (χ4v) is 2.63. The molecule has 1 aliphatic rings. The highest BCUT2D eigenvalue weighted by molar-refractivity contribution is 9.10. The molecule has 0 radical (unpaired) electrons. The van der Waals surface area contributed by atoms with E-state index in [9.17, 15) is 0 Å². The van der Waals surface area contributed by atoms with Crippen molar-refractivity contribution in [2.24, 2.45) is 10.9 Å². The van der Waals surface area contributed by atoms with E-state index < -0.39 is 0 Å². The van der Waals surface area contributed by atoms with Gasteiger partial charge in [0.25, 0.3) is 0 Å². The smallest absolute Gasteiger partial charge is 0.172 e. The molecule has 1 aliphatic heterocycles. The van der Waals surface area contributed by atoms with Gasteiger partial charge in [-0.15, -0.1) is 0 Å². The van der Waals surface area contributed by atoms with E-state index in [-0.39, 0.29) is 11.4 Å². The zero-order chi connectivity index (χ0) is 14.0. The van der Waals surface area contributed by atoms with Crippen LogP contribution in [0.25, 0.3) is 0 Å². The summed E-state index contributed by atoms with van der Waals surface area (Å²) in [6.45, 7) is 6.33. The first-order chi connectivity index (χ1) is 8.93. The van der Waals surface area contributed by atoms with Crippen LogP contribution in [-0.4, -0.2) is 36.3 Å². The van der Waals surface area contributed by atoms with E-state index in [2.05, 4.69) is 39.8 Å². The number of anilines is 1. The van der Waals surface area contributed by atoms with Crippen molar-refractivity contribution in [1.82, 2.24) is 0 Å². The Balaban J connectivity index is 2.39. The molecule has 104 valence electrons. The van der Waals surface area contributed by atoms with Gasteiger partial charge in [0.15, 0.2) is 5.84 Å². The minimum Gasteiger partial charge on any atom is -0.409 e. The van der Waals surface area contributed by atoms with Crippen LogP contribution in [0.15, 0.2) is 27.8 Å². The number of amidine groups is 1. The van der Waals surface area contributed by atoms with E-state index in [0.717, 1.165) is 28.8 Å². The van der Waals surface area contributed by atoms with Gasteiger partial charge in [-0.25, -0.2) is 0 Å². The molecule has 0 atom stereocenters. The first-order valence-corrected chi connectivity index (χ1v) is 6.88. The molecule has 5 nitrogen and oxygen atoms in total. The first-order valence-electron chi connectivity index (χ1n) is 6.09. The molecule has 1 aromatic carbocycles.